The number of hydrogen-bond acceptors (Lipinski definition) is 7. The molecule has 8 nitrogen and oxygen atoms in total. The van der Waals surface area contributed by atoms with Crippen molar-refractivity contribution in [3.8, 4) is 6.07 Å². The van der Waals surface area contributed by atoms with E-state index in [-0.39, 0.29) is 17.9 Å². The molecular weight excluding hydrogens is 466 g/mol. The van der Waals surface area contributed by atoms with Crippen LogP contribution in [-0.4, -0.2) is 58.7 Å². The second-order valence-corrected chi connectivity index (χ2v) is 9.77. The van der Waals surface area contributed by atoms with Gasteiger partial charge in [-0.2, -0.15) is 10.3 Å². The highest BCUT2D eigenvalue weighted by molar-refractivity contribution is 5.99. The van der Waals surface area contributed by atoms with E-state index in [1.165, 1.54) is 0 Å². The molecule has 1 amide bonds. The van der Waals surface area contributed by atoms with E-state index in [0.717, 1.165) is 23.8 Å². The van der Waals surface area contributed by atoms with E-state index in [2.05, 4.69) is 11.5 Å². The number of carbonyl (C=O) groups excluding carboxylic acids is 1. The summed E-state index contributed by atoms with van der Waals surface area (Å²) in [6, 6.07) is 11.7. The molecule has 0 radical (unpaired) electrons. The summed E-state index contributed by atoms with van der Waals surface area (Å²) in [7, 11) is 0. The number of nitrogens with two attached hydrogens (primary N) is 1. The van der Waals surface area contributed by atoms with E-state index >= 15 is 0 Å². The highest BCUT2D eigenvalue weighted by Crippen LogP contribution is 2.33. The second-order valence-electron chi connectivity index (χ2n) is 9.77. The number of carbonyl (C=O) groups is 1. The van der Waals surface area contributed by atoms with Gasteiger partial charge in [-0.3, -0.25) is 4.79 Å². The third kappa shape index (κ3) is 6.23. The number of halogens is 2. The van der Waals surface area contributed by atoms with Crippen LogP contribution in [0.15, 0.2) is 47.5 Å². The number of benzene rings is 2. The first kappa shape index (κ1) is 27.2. The molecule has 1 aliphatic heterocycles. The molecule has 0 saturated heterocycles. The first-order valence-electron chi connectivity index (χ1n) is 11.7. The molecule has 0 saturated carbocycles. The third-order valence-electron chi connectivity index (χ3n) is 5.99. The number of amidine groups is 1. The molecule has 1 unspecified atom stereocenters. The number of hydrazine groups is 1. The minimum Gasteiger partial charge on any atom is -0.387 e. The zero-order valence-electron chi connectivity index (χ0n) is 20.7. The molecule has 0 aromatic heterocycles. The summed E-state index contributed by atoms with van der Waals surface area (Å²) in [6.07, 6.45) is -0.209. The summed E-state index contributed by atoms with van der Waals surface area (Å²) < 4.78 is 28.7. The normalized spacial score (nSPS) is 16.7. The number of aliphatic hydroxyl groups is 1. The molecule has 2 atom stereocenters. The Bertz CT molecular complexity index is 1160. The van der Waals surface area contributed by atoms with Crippen molar-refractivity contribution in [1.82, 2.24) is 15.3 Å². The average molecular weight is 499 g/mol. The fourth-order valence-corrected chi connectivity index (χ4v) is 4.40. The SMILES string of the molecule is CC(C)(C)[C@H](C1N=C(c2cc(F)ccc2F)NN1Cc1cccc(C#N)c1)N(CCCN)C(=O)CO. The van der Waals surface area contributed by atoms with E-state index in [4.69, 9.17) is 10.7 Å². The highest BCUT2D eigenvalue weighted by atomic mass is 19.1. The van der Waals surface area contributed by atoms with Gasteiger partial charge < -0.3 is 21.2 Å². The van der Waals surface area contributed by atoms with Crippen LogP contribution in [0.4, 0.5) is 8.78 Å². The number of amides is 1. The van der Waals surface area contributed by atoms with Gasteiger partial charge >= 0.3 is 0 Å². The van der Waals surface area contributed by atoms with E-state index in [1.807, 2.05) is 26.8 Å². The molecule has 0 bridgehead atoms. The molecule has 1 heterocycles. The highest BCUT2D eigenvalue weighted by Gasteiger charge is 2.44. The number of aliphatic hydroxyl groups excluding tert-OH is 1. The monoisotopic (exact) mass is 498 g/mol. The van der Waals surface area contributed by atoms with Gasteiger partial charge in [-0.1, -0.05) is 32.9 Å². The van der Waals surface area contributed by atoms with Crippen molar-refractivity contribution in [2.75, 3.05) is 19.7 Å². The van der Waals surface area contributed by atoms with E-state index in [1.54, 1.807) is 28.1 Å². The fraction of sp³-hybridized carbons (Fsp3) is 0.423. The van der Waals surface area contributed by atoms with E-state index in [0.29, 0.717) is 25.1 Å². The molecule has 192 valence electrons. The summed E-state index contributed by atoms with van der Waals surface area (Å²) in [5.74, 6) is -1.61. The largest absolute Gasteiger partial charge is 0.387 e. The van der Waals surface area contributed by atoms with Gasteiger partial charge in [0.1, 0.15) is 30.2 Å². The van der Waals surface area contributed by atoms with Gasteiger partial charge in [0.2, 0.25) is 5.91 Å². The van der Waals surface area contributed by atoms with Crippen LogP contribution >= 0.6 is 0 Å². The Hall–Kier alpha value is -3.39. The second kappa shape index (κ2) is 11.6. The van der Waals surface area contributed by atoms with Gasteiger partial charge in [0.15, 0.2) is 0 Å². The van der Waals surface area contributed by atoms with Crippen LogP contribution in [0.2, 0.25) is 0 Å². The van der Waals surface area contributed by atoms with Gasteiger partial charge in [-0.15, -0.1) is 0 Å². The minimum absolute atomic E-state index is 0.0390. The van der Waals surface area contributed by atoms with Crippen molar-refractivity contribution in [1.29, 1.82) is 5.26 Å². The first-order valence-corrected chi connectivity index (χ1v) is 11.7. The number of nitrogens with zero attached hydrogens (tertiary/aromatic N) is 4. The van der Waals surface area contributed by atoms with Crippen LogP contribution in [0, 0.1) is 28.4 Å². The molecule has 1 aliphatic rings. The Labute approximate surface area is 210 Å². The van der Waals surface area contributed by atoms with Crippen LogP contribution < -0.4 is 11.2 Å². The standard InChI is InChI=1S/C26H32F2N6O2/c1-26(2,3)23(33(11-5-10-29)22(36)16-35)25-31-24(20-13-19(27)8-9-21(20)28)32-34(25)15-18-7-4-6-17(12-18)14-30/h4,6-9,12-13,23,25,35H,5,10-11,15-16,29H2,1-3H3,(H,31,32)/t23-,25?/m0/s1. The summed E-state index contributed by atoms with van der Waals surface area (Å²) in [5, 5.41) is 20.8. The molecule has 0 aliphatic carbocycles. The zero-order chi connectivity index (χ0) is 26.5. The average Bonchev–Trinajstić information content (AvgIpc) is 3.24. The van der Waals surface area contributed by atoms with Crippen molar-refractivity contribution in [3.05, 3.63) is 70.8 Å². The fourth-order valence-electron chi connectivity index (χ4n) is 4.40. The predicted molar refractivity (Wildman–Crippen MR) is 132 cm³/mol. The Morgan fingerprint density at radius 1 is 1.31 bits per heavy atom. The van der Waals surface area contributed by atoms with Crippen molar-refractivity contribution >= 4 is 11.7 Å². The topological polar surface area (TPSA) is 118 Å². The van der Waals surface area contributed by atoms with Gasteiger partial charge in [0.25, 0.3) is 0 Å². The molecule has 0 fully saturated rings. The molecule has 10 heteroatoms. The number of aliphatic imine (C=N–C) groups is 1. The van der Waals surface area contributed by atoms with E-state index in [9.17, 15) is 23.9 Å². The number of nitriles is 1. The van der Waals surface area contributed by atoms with Crippen molar-refractivity contribution in [2.45, 2.75) is 45.9 Å². The smallest absolute Gasteiger partial charge is 0.248 e. The minimum atomic E-state index is -0.721. The quantitative estimate of drug-likeness (QED) is 0.489. The number of hydrogen-bond donors (Lipinski definition) is 3. The van der Waals surface area contributed by atoms with Gasteiger partial charge in [-0.25, -0.2) is 13.8 Å². The molecule has 3 rings (SSSR count). The van der Waals surface area contributed by atoms with Gasteiger partial charge in [0, 0.05) is 13.1 Å². The number of rotatable bonds is 9. The Morgan fingerprint density at radius 2 is 2.06 bits per heavy atom. The van der Waals surface area contributed by atoms with Gasteiger partial charge in [0.05, 0.1) is 23.2 Å². The first-order chi connectivity index (χ1) is 17.1. The Kier molecular flexibility index (Phi) is 8.74. The Morgan fingerprint density at radius 3 is 2.69 bits per heavy atom. The zero-order valence-corrected chi connectivity index (χ0v) is 20.7. The molecule has 36 heavy (non-hydrogen) atoms. The maximum Gasteiger partial charge on any atom is 0.248 e. The van der Waals surface area contributed by atoms with Crippen molar-refractivity contribution < 1.29 is 18.7 Å². The van der Waals surface area contributed by atoms with Crippen LogP contribution in [-0.2, 0) is 11.3 Å². The third-order valence-corrected chi connectivity index (χ3v) is 5.99. The molecule has 2 aromatic rings. The predicted octanol–water partition coefficient (Wildman–Crippen LogP) is 2.51. The van der Waals surface area contributed by atoms with E-state index < -0.39 is 41.8 Å². The molecule has 4 N–H and O–H groups in total. The summed E-state index contributed by atoms with van der Waals surface area (Å²) in [5.41, 5.74) is 9.51. The summed E-state index contributed by atoms with van der Waals surface area (Å²) in [4.78, 5) is 19.2. The molecule has 2 aromatic carbocycles. The van der Waals surface area contributed by atoms with Crippen LogP contribution in [0.1, 0.15) is 43.9 Å². The lowest BCUT2D eigenvalue weighted by atomic mass is 9.83. The Balaban J connectivity index is 2.11. The lowest BCUT2D eigenvalue weighted by Gasteiger charge is -2.44. The molecular formula is C26H32F2N6O2. The number of nitrogens with one attached hydrogen (secondary N) is 1. The van der Waals surface area contributed by atoms with Crippen LogP contribution in [0.5, 0.6) is 0 Å². The van der Waals surface area contributed by atoms with Crippen LogP contribution in [0.25, 0.3) is 0 Å². The lowest BCUT2D eigenvalue weighted by Crippen LogP contribution is -2.59. The van der Waals surface area contributed by atoms with Crippen molar-refractivity contribution in [3.63, 3.8) is 0 Å². The van der Waals surface area contributed by atoms with Gasteiger partial charge in [-0.05, 0) is 54.3 Å². The summed E-state index contributed by atoms with van der Waals surface area (Å²) >= 11 is 0. The van der Waals surface area contributed by atoms with Crippen molar-refractivity contribution in [2.24, 2.45) is 16.1 Å². The molecule has 0 spiro atoms. The van der Waals surface area contributed by atoms with Crippen LogP contribution in [0.3, 0.4) is 0 Å². The maximum absolute atomic E-state index is 14.7. The summed E-state index contributed by atoms with van der Waals surface area (Å²) in [6.45, 7) is 6.06. The lowest BCUT2D eigenvalue weighted by molar-refractivity contribution is -0.141. The maximum atomic E-state index is 14.7.